The van der Waals surface area contributed by atoms with Gasteiger partial charge in [-0.1, -0.05) is 47.6 Å². The topological polar surface area (TPSA) is 32.6 Å². The van der Waals surface area contributed by atoms with Crippen molar-refractivity contribution in [2.24, 2.45) is 5.16 Å². The first-order valence-corrected chi connectivity index (χ1v) is 5.57. The SMILES string of the molecule is CC(=C/c1cccc2ccccc12)/C(C)=N/O. The molecule has 0 aliphatic heterocycles. The molecule has 0 fully saturated rings. The number of hydrogen-bond donors (Lipinski definition) is 1. The Morgan fingerprint density at radius 3 is 2.53 bits per heavy atom. The Kier molecular flexibility index (Phi) is 3.24. The second-order valence-corrected chi connectivity index (χ2v) is 4.08. The van der Waals surface area contributed by atoms with Crippen LogP contribution in [0.1, 0.15) is 19.4 Å². The molecule has 17 heavy (non-hydrogen) atoms. The summed E-state index contributed by atoms with van der Waals surface area (Å²) < 4.78 is 0. The Morgan fingerprint density at radius 1 is 1.06 bits per heavy atom. The van der Waals surface area contributed by atoms with Crippen molar-refractivity contribution < 1.29 is 5.21 Å². The van der Waals surface area contributed by atoms with Gasteiger partial charge in [0.05, 0.1) is 5.71 Å². The molecule has 1 N–H and O–H groups in total. The maximum Gasteiger partial charge on any atom is 0.0794 e. The highest BCUT2D eigenvalue weighted by Gasteiger charge is 2.00. The lowest BCUT2D eigenvalue weighted by Gasteiger charge is -2.04. The number of allylic oxidation sites excluding steroid dienone is 1. The largest absolute Gasteiger partial charge is 0.411 e. The summed E-state index contributed by atoms with van der Waals surface area (Å²) in [5.41, 5.74) is 2.74. The smallest absolute Gasteiger partial charge is 0.0794 e. The van der Waals surface area contributed by atoms with Crippen LogP contribution in [0.4, 0.5) is 0 Å². The highest BCUT2D eigenvalue weighted by molar-refractivity contribution is 6.03. The third-order valence-corrected chi connectivity index (χ3v) is 2.92. The number of nitrogens with zero attached hydrogens (tertiary/aromatic N) is 1. The Morgan fingerprint density at radius 2 is 1.76 bits per heavy atom. The second kappa shape index (κ2) is 4.83. The molecule has 0 aliphatic rings. The zero-order chi connectivity index (χ0) is 12.3. The van der Waals surface area contributed by atoms with Crippen LogP contribution in [0.5, 0.6) is 0 Å². The zero-order valence-corrected chi connectivity index (χ0v) is 10.0. The van der Waals surface area contributed by atoms with Gasteiger partial charge >= 0.3 is 0 Å². The van der Waals surface area contributed by atoms with Gasteiger partial charge in [0.25, 0.3) is 0 Å². The predicted molar refractivity (Wildman–Crippen MR) is 72.5 cm³/mol. The Hall–Kier alpha value is -2.09. The normalized spacial score (nSPS) is 13.1. The summed E-state index contributed by atoms with van der Waals surface area (Å²) in [4.78, 5) is 0. The number of hydrogen-bond acceptors (Lipinski definition) is 2. The van der Waals surface area contributed by atoms with Crippen molar-refractivity contribution in [1.82, 2.24) is 0 Å². The van der Waals surface area contributed by atoms with Crippen molar-refractivity contribution in [1.29, 1.82) is 0 Å². The summed E-state index contributed by atoms with van der Waals surface area (Å²) in [5.74, 6) is 0. The molecular weight excluding hydrogens is 210 g/mol. The fraction of sp³-hybridized carbons (Fsp3) is 0.133. The summed E-state index contributed by atoms with van der Waals surface area (Å²) in [6.07, 6.45) is 2.04. The summed E-state index contributed by atoms with van der Waals surface area (Å²) in [6.45, 7) is 3.73. The van der Waals surface area contributed by atoms with Crippen LogP contribution in [0.3, 0.4) is 0 Å². The molecule has 2 aromatic carbocycles. The van der Waals surface area contributed by atoms with Crippen molar-refractivity contribution in [3.63, 3.8) is 0 Å². The van der Waals surface area contributed by atoms with Gasteiger partial charge in [-0.05, 0) is 41.8 Å². The minimum Gasteiger partial charge on any atom is -0.411 e. The molecule has 0 saturated carbocycles. The number of fused-ring (bicyclic) bond motifs is 1. The Labute approximate surface area is 101 Å². The molecule has 2 heteroatoms. The first kappa shape index (κ1) is 11.4. The summed E-state index contributed by atoms with van der Waals surface area (Å²) in [6, 6.07) is 14.4. The molecule has 0 saturated heterocycles. The lowest BCUT2D eigenvalue weighted by atomic mass is 10.0. The molecule has 2 aromatic rings. The van der Waals surface area contributed by atoms with Crippen molar-refractivity contribution in [2.45, 2.75) is 13.8 Å². The highest BCUT2D eigenvalue weighted by Crippen LogP contribution is 2.21. The molecular formula is C15H15NO. The molecule has 0 heterocycles. The molecule has 0 amide bonds. The summed E-state index contributed by atoms with van der Waals surface area (Å²) in [5, 5.41) is 14.4. The fourth-order valence-electron chi connectivity index (χ4n) is 1.79. The third kappa shape index (κ3) is 2.36. The minimum atomic E-state index is 0.637. The van der Waals surface area contributed by atoms with Gasteiger partial charge in [-0.25, -0.2) is 0 Å². The molecule has 0 bridgehead atoms. The number of rotatable bonds is 2. The molecule has 2 rings (SSSR count). The van der Waals surface area contributed by atoms with Crippen LogP contribution < -0.4 is 0 Å². The first-order chi connectivity index (χ1) is 8.22. The van der Waals surface area contributed by atoms with Crippen molar-refractivity contribution >= 4 is 22.6 Å². The zero-order valence-electron chi connectivity index (χ0n) is 10.0. The van der Waals surface area contributed by atoms with Crippen molar-refractivity contribution in [2.75, 3.05) is 0 Å². The average Bonchev–Trinajstić information content (AvgIpc) is 2.38. The van der Waals surface area contributed by atoms with Crippen LogP contribution in [-0.4, -0.2) is 10.9 Å². The van der Waals surface area contributed by atoms with Gasteiger partial charge in [0.1, 0.15) is 0 Å². The maximum atomic E-state index is 8.74. The van der Waals surface area contributed by atoms with E-state index < -0.39 is 0 Å². The van der Waals surface area contributed by atoms with Crippen LogP contribution in [0.2, 0.25) is 0 Å². The van der Waals surface area contributed by atoms with E-state index >= 15 is 0 Å². The van der Waals surface area contributed by atoms with E-state index in [1.165, 1.54) is 10.8 Å². The quantitative estimate of drug-likeness (QED) is 0.466. The van der Waals surface area contributed by atoms with E-state index in [4.69, 9.17) is 5.21 Å². The summed E-state index contributed by atoms with van der Waals surface area (Å²) >= 11 is 0. The van der Waals surface area contributed by atoms with E-state index in [0.29, 0.717) is 5.71 Å². The third-order valence-electron chi connectivity index (χ3n) is 2.92. The van der Waals surface area contributed by atoms with E-state index in [1.54, 1.807) is 6.92 Å². The molecule has 2 nitrogen and oxygen atoms in total. The Balaban J connectivity index is 2.57. The van der Waals surface area contributed by atoms with Crippen molar-refractivity contribution in [3.8, 4) is 0 Å². The van der Waals surface area contributed by atoms with Crippen LogP contribution in [0.15, 0.2) is 53.2 Å². The van der Waals surface area contributed by atoms with E-state index in [9.17, 15) is 0 Å². The highest BCUT2D eigenvalue weighted by atomic mass is 16.4. The molecule has 0 unspecified atom stereocenters. The molecule has 0 aromatic heterocycles. The second-order valence-electron chi connectivity index (χ2n) is 4.08. The van der Waals surface area contributed by atoms with E-state index in [1.807, 2.05) is 31.2 Å². The predicted octanol–water partition coefficient (Wildman–Crippen LogP) is 4.09. The Bertz CT molecular complexity index is 591. The maximum absolute atomic E-state index is 8.74. The number of oxime groups is 1. The van der Waals surface area contributed by atoms with Gasteiger partial charge in [-0.3, -0.25) is 0 Å². The molecule has 86 valence electrons. The molecule has 0 atom stereocenters. The van der Waals surface area contributed by atoms with Gasteiger partial charge in [-0.15, -0.1) is 0 Å². The van der Waals surface area contributed by atoms with E-state index in [-0.39, 0.29) is 0 Å². The molecule has 0 radical (unpaired) electrons. The van der Waals surface area contributed by atoms with E-state index in [2.05, 4.69) is 29.4 Å². The monoisotopic (exact) mass is 225 g/mol. The standard InChI is InChI=1S/C15H15NO/c1-11(12(2)16-17)10-14-8-5-7-13-6-3-4-9-15(13)14/h3-10,17H,1-2H3/b11-10-,16-12+. The van der Waals surface area contributed by atoms with E-state index in [0.717, 1.165) is 11.1 Å². The lowest BCUT2D eigenvalue weighted by Crippen LogP contribution is -1.92. The molecule has 0 spiro atoms. The summed E-state index contributed by atoms with van der Waals surface area (Å²) in [7, 11) is 0. The first-order valence-electron chi connectivity index (χ1n) is 5.57. The van der Waals surface area contributed by atoms with Crippen LogP contribution >= 0.6 is 0 Å². The van der Waals surface area contributed by atoms with Gasteiger partial charge in [0, 0.05) is 0 Å². The van der Waals surface area contributed by atoms with Gasteiger partial charge < -0.3 is 5.21 Å². The van der Waals surface area contributed by atoms with Gasteiger partial charge in [-0.2, -0.15) is 0 Å². The van der Waals surface area contributed by atoms with Crippen LogP contribution in [0, 0.1) is 0 Å². The van der Waals surface area contributed by atoms with Crippen LogP contribution in [0.25, 0.3) is 16.8 Å². The lowest BCUT2D eigenvalue weighted by molar-refractivity contribution is 0.319. The van der Waals surface area contributed by atoms with Gasteiger partial charge in [0.15, 0.2) is 0 Å². The molecule has 0 aliphatic carbocycles. The number of benzene rings is 2. The minimum absolute atomic E-state index is 0.637. The van der Waals surface area contributed by atoms with Crippen LogP contribution in [-0.2, 0) is 0 Å². The van der Waals surface area contributed by atoms with Crippen molar-refractivity contribution in [3.05, 3.63) is 53.6 Å². The average molecular weight is 225 g/mol. The fourth-order valence-corrected chi connectivity index (χ4v) is 1.79. The van der Waals surface area contributed by atoms with Gasteiger partial charge in [0.2, 0.25) is 0 Å².